The van der Waals surface area contributed by atoms with Gasteiger partial charge >= 0.3 is 0 Å². The lowest BCUT2D eigenvalue weighted by molar-refractivity contribution is -0.121. The molecule has 22 heavy (non-hydrogen) atoms. The number of rotatable bonds is 11. The van der Waals surface area contributed by atoms with E-state index < -0.39 is 0 Å². The van der Waals surface area contributed by atoms with Gasteiger partial charge < -0.3 is 20.7 Å². The van der Waals surface area contributed by atoms with Gasteiger partial charge in [0, 0.05) is 45.8 Å². The Kier molecular flexibility index (Phi) is 9.62. The molecule has 0 radical (unpaired) electrons. The summed E-state index contributed by atoms with van der Waals surface area (Å²) < 4.78 is 5.58. The maximum absolute atomic E-state index is 11.6. The molecule has 0 spiro atoms. The standard InChI is InChI=1S/C16H32N4O2/c1-4-13(2)20-15(21)8-10-19-16(17-3)18-9-5-11-22-12-14-6-7-14/h13-14H,4-12H2,1-3H3,(H,20,21)(H2,17,18,19). The molecule has 1 amide bonds. The van der Waals surface area contributed by atoms with Gasteiger partial charge in [0.25, 0.3) is 0 Å². The minimum atomic E-state index is 0.0748. The fraction of sp³-hybridized carbons (Fsp3) is 0.875. The maximum atomic E-state index is 11.6. The van der Waals surface area contributed by atoms with Gasteiger partial charge in [0.2, 0.25) is 5.91 Å². The van der Waals surface area contributed by atoms with Crippen LogP contribution in [0.15, 0.2) is 4.99 Å². The molecular weight excluding hydrogens is 280 g/mol. The van der Waals surface area contributed by atoms with Crippen molar-refractivity contribution in [3.8, 4) is 0 Å². The quantitative estimate of drug-likeness (QED) is 0.305. The van der Waals surface area contributed by atoms with Crippen molar-refractivity contribution in [2.24, 2.45) is 10.9 Å². The predicted octanol–water partition coefficient (Wildman–Crippen LogP) is 1.27. The summed E-state index contributed by atoms with van der Waals surface area (Å²) in [5.74, 6) is 1.63. The number of hydrogen-bond donors (Lipinski definition) is 3. The number of aliphatic imine (C=N–C) groups is 1. The number of ether oxygens (including phenoxy) is 1. The summed E-state index contributed by atoms with van der Waals surface area (Å²) in [6.45, 7) is 7.18. The van der Waals surface area contributed by atoms with Gasteiger partial charge in [-0.15, -0.1) is 0 Å². The number of carbonyl (C=O) groups excluding carboxylic acids is 1. The van der Waals surface area contributed by atoms with Gasteiger partial charge in [0.05, 0.1) is 0 Å². The number of nitrogens with zero attached hydrogens (tertiary/aromatic N) is 1. The van der Waals surface area contributed by atoms with Crippen molar-refractivity contribution in [3.05, 3.63) is 0 Å². The highest BCUT2D eigenvalue weighted by Gasteiger charge is 2.20. The highest BCUT2D eigenvalue weighted by atomic mass is 16.5. The molecule has 0 bridgehead atoms. The molecule has 1 rings (SSSR count). The minimum absolute atomic E-state index is 0.0748. The molecule has 1 aliphatic carbocycles. The maximum Gasteiger partial charge on any atom is 0.221 e. The van der Waals surface area contributed by atoms with Crippen LogP contribution >= 0.6 is 0 Å². The van der Waals surface area contributed by atoms with E-state index in [2.05, 4.69) is 27.9 Å². The average Bonchev–Trinajstić information content (AvgIpc) is 3.32. The van der Waals surface area contributed by atoms with E-state index >= 15 is 0 Å². The Bertz CT molecular complexity index is 343. The van der Waals surface area contributed by atoms with Crippen LogP contribution in [0.2, 0.25) is 0 Å². The second-order valence-electron chi connectivity index (χ2n) is 5.92. The Balaban J connectivity index is 1.97. The Labute approximate surface area is 134 Å². The summed E-state index contributed by atoms with van der Waals surface area (Å²) in [6.07, 6.45) is 5.03. The zero-order valence-corrected chi connectivity index (χ0v) is 14.3. The van der Waals surface area contributed by atoms with Crippen LogP contribution in [0, 0.1) is 5.92 Å². The molecule has 1 unspecified atom stereocenters. The molecule has 0 aliphatic heterocycles. The summed E-state index contributed by atoms with van der Waals surface area (Å²) in [5.41, 5.74) is 0. The van der Waals surface area contributed by atoms with Crippen molar-refractivity contribution < 1.29 is 9.53 Å². The molecule has 1 atom stereocenters. The van der Waals surface area contributed by atoms with Crippen LogP contribution < -0.4 is 16.0 Å². The van der Waals surface area contributed by atoms with Crippen LogP contribution in [0.1, 0.15) is 46.0 Å². The SMILES string of the molecule is CCC(C)NC(=O)CCNC(=NC)NCCCOCC1CC1. The first-order valence-electron chi connectivity index (χ1n) is 8.47. The highest BCUT2D eigenvalue weighted by Crippen LogP contribution is 2.28. The topological polar surface area (TPSA) is 74.8 Å². The third kappa shape index (κ3) is 9.60. The number of hydrogen-bond acceptors (Lipinski definition) is 3. The van der Waals surface area contributed by atoms with Gasteiger partial charge in [-0.3, -0.25) is 9.79 Å². The Morgan fingerprint density at radius 2 is 2.05 bits per heavy atom. The van der Waals surface area contributed by atoms with Gasteiger partial charge in [-0.2, -0.15) is 0 Å². The van der Waals surface area contributed by atoms with Gasteiger partial charge in [0.1, 0.15) is 0 Å². The second-order valence-corrected chi connectivity index (χ2v) is 5.92. The molecular formula is C16H32N4O2. The highest BCUT2D eigenvalue weighted by molar-refractivity contribution is 5.81. The molecule has 0 saturated heterocycles. The molecule has 1 aliphatic rings. The summed E-state index contributed by atoms with van der Waals surface area (Å²) in [6, 6.07) is 0.237. The van der Waals surface area contributed by atoms with E-state index in [1.807, 2.05) is 6.92 Å². The lowest BCUT2D eigenvalue weighted by atomic mass is 10.2. The molecule has 0 aromatic rings. The zero-order valence-electron chi connectivity index (χ0n) is 14.3. The Morgan fingerprint density at radius 3 is 2.68 bits per heavy atom. The molecule has 0 aromatic heterocycles. The second kappa shape index (κ2) is 11.3. The normalized spacial score (nSPS) is 16.2. The van der Waals surface area contributed by atoms with Crippen molar-refractivity contribution in [2.75, 3.05) is 33.4 Å². The molecule has 6 nitrogen and oxygen atoms in total. The Morgan fingerprint density at radius 1 is 1.32 bits per heavy atom. The first-order chi connectivity index (χ1) is 10.7. The van der Waals surface area contributed by atoms with Crippen LogP contribution in [0.3, 0.4) is 0 Å². The lowest BCUT2D eigenvalue weighted by Gasteiger charge is -2.13. The van der Waals surface area contributed by atoms with Gasteiger partial charge in [-0.25, -0.2) is 0 Å². The first kappa shape index (κ1) is 18.7. The van der Waals surface area contributed by atoms with Crippen LogP contribution in [0.5, 0.6) is 0 Å². The van der Waals surface area contributed by atoms with E-state index in [0.717, 1.165) is 44.5 Å². The number of carbonyl (C=O) groups is 1. The third-order valence-electron chi connectivity index (χ3n) is 3.70. The summed E-state index contributed by atoms with van der Waals surface area (Å²) in [7, 11) is 1.73. The average molecular weight is 312 g/mol. The number of guanidine groups is 1. The fourth-order valence-electron chi connectivity index (χ4n) is 1.88. The predicted molar refractivity (Wildman–Crippen MR) is 90.0 cm³/mol. The van der Waals surface area contributed by atoms with Crippen LogP contribution in [-0.2, 0) is 9.53 Å². The van der Waals surface area contributed by atoms with Gasteiger partial charge in [0.15, 0.2) is 5.96 Å². The molecule has 0 heterocycles. The molecule has 6 heteroatoms. The molecule has 3 N–H and O–H groups in total. The van der Waals surface area contributed by atoms with Gasteiger partial charge in [-0.1, -0.05) is 6.92 Å². The van der Waals surface area contributed by atoms with Crippen LogP contribution in [0.25, 0.3) is 0 Å². The monoisotopic (exact) mass is 312 g/mol. The minimum Gasteiger partial charge on any atom is -0.381 e. The first-order valence-corrected chi connectivity index (χ1v) is 8.47. The largest absolute Gasteiger partial charge is 0.381 e. The van der Waals surface area contributed by atoms with Crippen LogP contribution in [0.4, 0.5) is 0 Å². The van der Waals surface area contributed by atoms with Crippen molar-refractivity contribution in [1.82, 2.24) is 16.0 Å². The van der Waals surface area contributed by atoms with Crippen molar-refractivity contribution >= 4 is 11.9 Å². The zero-order chi connectivity index (χ0) is 16.2. The third-order valence-corrected chi connectivity index (χ3v) is 3.70. The molecule has 1 fully saturated rings. The van der Waals surface area contributed by atoms with Gasteiger partial charge in [-0.05, 0) is 38.5 Å². The Hall–Kier alpha value is -1.30. The summed E-state index contributed by atoms with van der Waals surface area (Å²) >= 11 is 0. The number of nitrogens with one attached hydrogen (secondary N) is 3. The van der Waals surface area contributed by atoms with Crippen LogP contribution in [-0.4, -0.2) is 51.3 Å². The summed E-state index contributed by atoms with van der Waals surface area (Å²) in [5, 5.41) is 9.32. The van der Waals surface area contributed by atoms with E-state index in [9.17, 15) is 4.79 Å². The van der Waals surface area contributed by atoms with Crippen molar-refractivity contribution in [2.45, 2.75) is 52.0 Å². The van der Waals surface area contributed by atoms with E-state index in [-0.39, 0.29) is 11.9 Å². The van der Waals surface area contributed by atoms with E-state index in [1.165, 1.54) is 12.8 Å². The number of amides is 1. The molecule has 0 aromatic carbocycles. The smallest absolute Gasteiger partial charge is 0.221 e. The van der Waals surface area contributed by atoms with E-state index in [1.54, 1.807) is 7.05 Å². The lowest BCUT2D eigenvalue weighted by Crippen LogP contribution is -2.40. The fourth-order valence-corrected chi connectivity index (χ4v) is 1.88. The van der Waals surface area contributed by atoms with Crippen molar-refractivity contribution in [3.63, 3.8) is 0 Å². The molecule has 1 saturated carbocycles. The van der Waals surface area contributed by atoms with E-state index in [0.29, 0.717) is 13.0 Å². The summed E-state index contributed by atoms with van der Waals surface area (Å²) in [4.78, 5) is 15.8. The van der Waals surface area contributed by atoms with E-state index in [4.69, 9.17) is 4.74 Å². The van der Waals surface area contributed by atoms with Crippen molar-refractivity contribution in [1.29, 1.82) is 0 Å². The molecule has 128 valence electrons.